The van der Waals surface area contributed by atoms with Gasteiger partial charge in [0.2, 0.25) is 11.8 Å². The van der Waals surface area contributed by atoms with Crippen LogP contribution in [0.4, 0.5) is 0 Å². The lowest BCUT2D eigenvalue weighted by Gasteiger charge is -2.38. The van der Waals surface area contributed by atoms with Crippen molar-refractivity contribution in [2.75, 3.05) is 0 Å². The van der Waals surface area contributed by atoms with Gasteiger partial charge in [0.15, 0.2) is 5.58 Å². The van der Waals surface area contributed by atoms with Crippen LogP contribution in [0.15, 0.2) is 100 Å². The van der Waals surface area contributed by atoms with E-state index in [1.54, 1.807) is 13.1 Å². The monoisotopic (exact) mass is 802 g/mol. The lowest BCUT2D eigenvalue weighted by atomic mass is 9.76. The Morgan fingerprint density at radius 2 is 1.43 bits per heavy atom. The van der Waals surface area contributed by atoms with Gasteiger partial charge >= 0.3 is 5.76 Å². The van der Waals surface area contributed by atoms with Crippen LogP contribution in [-0.2, 0) is 29.5 Å². The van der Waals surface area contributed by atoms with Crippen molar-refractivity contribution in [3.05, 3.63) is 118 Å². The first kappa shape index (κ1) is 39.4. The zero-order chi connectivity index (χ0) is 41.5. The molecule has 1 aromatic heterocycles. The SMILES string of the molecule is Cn1c(=O)oc2ccc(-c3ccc(C[C@@H](C#N)NC(=O)[C@@H]4C[C@@H]5CCC6(CC[C@H]7C[C@@H](CC(=O)N[C@H](N)Cc8ccc(-c9ccc(C#N)cc9)cc8)N[C@H]76)[C@@H]5N4)cc3)cc21. The second-order valence-corrected chi connectivity index (χ2v) is 17.5. The smallest absolute Gasteiger partial charge is 0.408 e. The number of benzene rings is 4. The van der Waals surface area contributed by atoms with E-state index in [4.69, 9.17) is 15.4 Å². The maximum atomic E-state index is 13.7. The van der Waals surface area contributed by atoms with Gasteiger partial charge in [-0.1, -0.05) is 66.7 Å². The summed E-state index contributed by atoms with van der Waals surface area (Å²) in [6.45, 7) is 0. The summed E-state index contributed by atoms with van der Waals surface area (Å²) < 4.78 is 6.75. The fourth-order valence-corrected chi connectivity index (χ4v) is 11.0. The Balaban J connectivity index is 0.754. The van der Waals surface area contributed by atoms with Gasteiger partial charge in [-0.2, -0.15) is 10.5 Å². The quantitative estimate of drug-likeness (QED) is 0.112. The normalized spacial score (nSPS) is 26.3. The van der Waals surface area contributed by atoms with E-state index in [1.807, 2.05) is 84.9 Å². The third kappa shape index (κ3) is 7.63. The highest BCUT2D eigenvalue weighted by Crippen LogP contribution is 2.59. The first-order valence-corrected chi connectivity index (χ1v) is 21.1. The summed E-state index contributed by atoms with van der Waals surface area (Å²) in [5.41, 5.74) is 14.3. The topological polar surface area (TPSA) is 191 Å². The molecule has 306 valence electrons. The Morgan fingerprint density at radius 1 is 0.833 bits per heavy atom. The molecule has 4 aliphatic rings. The second-order valence-electron chi connectivity index (χ2n) is 17.5. The fraction of sp³-hybridized carbons (Fsp3) is 0.396. The number of nitrogens with two attached hydrogens (primary N) is 1. The molecule has 60 heavy (non-hydrogen) atoms. The van der Waals surface area contributed by atoms with E-state index < -0.39 is 18.0 Å². The first-order valence-electron chi connectivity index (χ1n) is 21.1. The molecule has 4 aromatic carbocycles. The minimum absolute atomic E-state index is 0.0447. The van der Waals surface area contributed by atoms with Gasteiger partial charge < -0.3 is 31.4 Å². The van der Waals surface area contributed by atoms with Crippen LogP contribution in [0.2, 0.25) is 0 Å². The molecule has 6 N–H and O–H groups in total. The number of amides is 2. The van der Waals surface area contributed by atoms with Crippen molar-refractivity contribution in [2.45, 2.75) is 94.2 Å². The van der Waals surface area contributed by atoms with Crippen molar-refractivity contribution in [2.24, 2.45) is 30.0 Å². The van der Waals surface area contributed by atoms with Crippen LogP contribution in [0, 0.1) is 39.9 Å². The molecule has 0 bridgehead atoms. The molecule has 9 rings (SSSR count). The summed E-state index contributed by atoms with van der Waals surface area (Å²) in [6.07, 6.45) is 6.91. The van der Waals surface area contributed by atoms with Crippen LogP contribution in [0.5, 0.6) is 0 Å². The van der Waals surface area contributed by atoms with Crippen LogP contribution < -0.4 is 32.8 Å². The molecule has 12 heteroatoms. The number of aromatic nitrogens is 1. The fourth-order valence-electron chi connectivity index (χ4n) is 11.0. The van der Waals surface area contributed by atoms with Crippen molar-refractivity contribution >= 4 is 22.9 Å². The van der Waals surface area contributed by atoms with E-state index in [1.165, 1.54) is 4.57 Å². The summed E-state index contributed by atoms with van der Waals surface area (Å²) in [7, 11) is 1.68. The van der Waals surface area contributed by atoms with Crippen LogP contribution in [0.1, 0.15) is 61.6 Å². The van der Waals surface area contributed by atoms with Gasteiger partial charge in [-0.3, -0.25) is 14.2 Å². The van der Waals surface area contributed by atoms with Crippen LogP contribution in [0.3, 0.4) is 0 Å². The molecule has 1 spiro atoms. The minimum Gasteiger partial charge on any atom is -0.408 e. The van der Waals surface area contributed by atoms with Crippen molar-refractivity contribution in [1.82, 2.24) is 25.8 Å². The van der Waals surface area contributed by atoms with Crippen molar-refractivity contribution in [1.29, 1.82) is 10.5 Å². The molecular weight excluding hydrogens is 753 g/mol. The lowest BCUT2D eigenvalue weighted by molar-refractivity contribution is -0.123. The molecule has 2 saturated heterocycles. The molecule has 2 aliphatic carbocycles. The van der Waals surface area contributed by atoms with E-state index in [9.17, 15) is 19.6 Å². The van der Waals surface area contributed by atoms with E-state index in [0.29, 0.717) is 48.3 Å². The molecule has 1 unspecified atom stereocenters. The maximum absolute atomic E-state index is 13.7. The average molecular weight is 803 g/mol. The predicted octanol–water partition coefficient (Wildman–Crippen LogP) is 5.19. The number of rotatable bonds is 11. The molecule has 4 fully saturated rings. The number of carbonyl (C=O) groups is 2. The van der Waals surface area contributed by atoms with Crippen LogP contribution >= 0.6 is 0 Å². The largest absolute Gasteiger partial charge is 0.419 e. The van der Waals surface area contributed by atoms with E-state index in [-0.39, 0.29) is 35.4 Å². The van der Waals surface area contributed by atoms with Gasteiger partial charge in [0, 0.05) is 49.9 Å². The minimum atomic E-state index is -0.663. The van der Waals surface area contributed by atoms with Gasteiger partial charge in [0.05, 0.1) is 35.4 Å². The summed E-state index contributed by atoms with van der Waals surface area (Å²) in [6, 6.07) is 33.2. The Labute approximate surface area is 349 Å². The highest BCUT2D eigenvalue weighted by atomic mass is 16.4. The molecule has 12 nitrogen and oxygen atoms in total. The number of carbonyl (C=O) groups excluding carboxylic acids is 2. The third-order valence-electron chi connectivity index (χ3n) is 13.9. The highest BCUT2D eigenvalue weighted by molar-refractivity contribution is 5.83. The van der Waals surface area contributed by atoms with E-state index in [0.717, 1.165) is 77.4 Å². The Kier molecular flexibility index (Phi) is 10.6. The maximum Gasteiger partial charge on any atom is 0.419 e. The Morgan fingerprint density at radius 3 is 2.10 bits per heavy atom. The number of nitrogens with zero attached hydrogens (tertiary/aromatic N) is 3. The number of hydrogen-bond donors (Lipinski definition) is 5. The summed E-state index contributed by atoms with van der Waals surface area (Å²) >= 11 is 0. The summed E-state index contributed by atoms with van der Waals surface area (Å²) in [5.74, 6) is 0.326. The van der Waals surface area contributed by atoms with E-state index >= 15 is 0 Å². The molecule has 2 aliphatic heterocycles. The Bertz CT molecular complexity index is 2550. The molecule has 3 heterocycles. The van der Waals surface area contributed by atoms with Crippen LogP contribution in [-0.4, -0.2) is 52.8 Å². The van der Waals surface area contributed by atoms with E-state index in [2.05, 4.69) is 33.4 Å². The molecule has 2 amide bonds. The molecular formula is C48H50N8O4. The standard InChI is InChI=1S/C48H50N8O4/c1-56-40-24-34(14-15-41(40)60-47(56)59)33-10-2-28(3-11-33)20-38(27-50)53-46(58)39-23-36-17-19-48(45(36)54-39)18-16-35-22-37(52-44(35)48)25-43(57)55-42(51)21-29-4-8-31(9-5-29)32-12-6-30(26-49)7-13-32/h2-15,24,35-39,42,44-45,52,54H,16-23,25,51H2,1H3,(H,53,58)(H,55,57)/t35-,36-,37-,38-,39-,42-,44+,45+,48?/m0/s1. The Hall–Kier alpha value is -6.05. The molecule has 0 radical (unpaired) electrons. The average Bonchev–Trinajstić information content (AvgIpc) is 4.07. The number of nitrogens with one attached hydrogen (secondary N) is 4. The second kappa shape index (κ2) is 16.2. The molecule has 2 saturated carbocycles. The number of hydrogen-bond acceptors (Lipinski definition) is 9. The number of aryl methyl sites for hydroxylation is 1. The van der Waals surface area contributed by atoms with Gasteiger partial charge in [-0.25, -0.2) is 4.79 Å². The van der Waals surface area contributed by atoms with Gasteiger partial charge in [0.25, 0.3) is 0 Å². The number of oxazole rings is 1. The van der Waals surface area contributed by atoms with Gasteiger partial charge in [-0.15, -0.1) is 0 Å². The lowest BCUT2D eigenvalue weighted by Crippen LogP contribution is -2.55. The van der Waals surface area contributed by atoms with Crippen molar-refractivity contribution in [3.63, 3.8) is 0 Å². The van der Waals surface area contributed by atoms with Gasteiger partial charge in [0.1, 0.15) is 6.04 Å². The molecule has 9 atom stereocenters. The zero-order valence-electron chi connectivity index (χ0n) is 33.7. The van der Waals surface area contributed by atoms with Crippen LogP contribution in [0.25, 0.3) is 33.4 Å². The highest BCUT2D eigenvalue weighted by Gasteiger charge is 2.62. The summed E-state index contributed by atoms with van der Waals surface area (Å²) in [5, 5.41) is 32.8. The molecule has 5 aromatic rings. The first-order chi connectivity index (χ1) is 29.1. The zero-order valence-corrected chi connectivity index (χ0v) is 33.7. The predicted molar refractivity (Wildman–Crippen MR) is 228 cm³/mol. The number of nitriles is 2. The third-order valence-corrected chi connectivity index (χ3v) is 13.9. The van der Waals surface area contributed by atoms with Crippen molar-refractivity contribution < 1.29 is 14.0 Å². The van der Waals surface area contributed by atoms with Crippen molar-refractivity contribution in [3.8, 4) is 34.4 Å². The number of fused-ring (bicyclic) bond motifs is 5. The van der Waals surface area contributed by atoms with Gasteiger partial charge in [-0.05, 0) is 108 Å². The summed E-state index contributed by atoms with van der Waals surface area (Å²) in [4.78, 5) is 38.8.